The highest BCUT2D eigenvalue weighted by Crippen LogP contribution is 2.33. The second-order valence-corrected chi connectivity index (χ2v) is 5.84. The maximum atomic E-state index is 5.54. The predicted molar refractivity (Wildman–Crippen MR) is 81.4 cm³/mol. The summed E-state index contributed by atoms with van der Waals surface area (Å²) in [6.45, 7) is 6.15. The van der Waals surface area contributed by atoms with E-state index in [1.165, 1.54) is 25.7 Å². The van der Waals surface area contributed by atoms with Crippen LogP contribution in [0.2, 0.25) is 0 Å². The molecule has 1 N–H and O–H groups in total. The molecule has 2 heterocycles. The summed E-state index contributed by atoms with van der Waals surface area (Å²) in [6.07, 6.45) is 5.19. The van der Waals surface area contributed by atoms with Crippen LogP contribution in [-0.4, -0.2) is 37.3 Å². The van der Waals surface area contributed by atoms with Crippen molar-refractivity contribution in [3.8, 4) is 5.88 Å². The molecule has 2 fully saturated rings. The Morgan fingerprint density at radius 3 is 2.75 bits per heavy atom. The van der Waals surface area contributed by atoms with E-state index >= 15 is 0 Å². The van der Waals surface area contributed by atoms with Crippen molar-refractivity contribution in [2.75, 3.05) is 31.1 Å². The van der Waals surface area contributed by atoms with Crippen molar-refractivity contribution in [1.29, 1.82) is 0 Å². The van der Waals surface area contributed by atoms with Crippen molar-refractivity contribution < 1.29 is 4.74 Å². The Labute approximate surface area is 121 Å². The van der Waals surface area contributed by atoms with Gasteiger partial charge in [0.1, 0.15) is 5.82 Å². The smallest absolute Gasteiger partial charge is 0.215 e. The molecule has 3 rings (SSSR count). The molecule has 0 bridgehead atoms. The molecule has 4 nitrogen and oxygen atoms in total. The third-order valence-corrected chi connectivity index (χ3v) is 4.20. The number of anilines is 1. The SMILES string of the molecule is CCOc1cccc(N(CC2CCNCC2)C2CC2)n1. The van der Waals surface area contributed by atoms with Gasteiger partial charge in [-0.15, -0.1) is 0 Å². The van der Waals surface area contributed by atoms with Crippen LogP contribution in [0.15, 0.2) is 18.2 Å². The van der Waals surface area contributed by atoms with Crippen LogP contribution in [0.1, 0.15) is 32.6 Å². The average Bonchev–Trinajstić information content (AvgIpc) is 3.31. The zero-order chi connectivity index (χ0) is 13.8. The minimum absolute atomic E-state index is 0.675. The lowest BCUT2D eigenvalue weighted by Crippen LogP contribution is -2.37. The fraction of sp³-hybridized carbons (Fsp3) is 0.688. The molecular weight excluding hydrogens is 250 g/mol. The van der Waals surface area contributed by atoms with Gasteiger partial charge in [-0.2, -0.15) is 4.98 Å². The second-order valence-electron chi connectivity index (χ2n) is 5.84. The van der Waals surface area contributed by atoms with E-state index in [1.807, 2.05) is 13.0 Å². The van der Waals surface area contributed by atoms with Gasteiger partial charge in [-0.1, -0.05) is 6.07 Å². The number of piperidine rings is 1. The Bertz CT molecular complexity index is 427. The largest absolute Gasteiger partial charge is 0.478 e. The molecule has 0 aromatic carbocycles. The molecule has 110 valence electrons. The van der Waals surface area contributed by atoms with E-state index in [4.69, 9.17) is 4.74 Å². The minimum atomic E-state index is 0.675. The number of hydrogen-bond donors (Lipinski definition) is 1. The topological polar surface area (TPSA) is 37.4 Å². The fourth-order valence-corrected chi connectivity index (χ4v) is 2.95. The number of hydrogen-bond acceptors (Lipinski definition) is 4. The van der Waals surface area contributed by atoms with Gasteiger partial charge in [0.25, 0.3) is 0 Å². The molecular formula is C16H25N3O. The van der Waals surface area contributed by atoms with Crippen molar-refractivity contribution in [2.24, 2.45) is 5.92 Å². The van der Waals surface area contributed by atoms with E-state index < -0.39 is 0 Å². The molecule has 0 radical (unpaired) electrons. The molecule has 0 unspecified atom stereocenters. The number of aromatic nitrogens is 1. The van der Waals surface area contributed by atoms with Gasteiger partial charge in [0.05, 0.1) is 6.61 Å². The van der Waals surface area contributed by atoms with Crippen LogP contribution in [0, 0.1) is 5.92 Å². The first-order chi connectivity index (χ1) is 9.86. The van der Waals surface area contributed by atoms with Crippen molar-refractivity contribution in [1.82, 2.24) is 10.3 Å². The van der Waals surface area contributed by atoms with Crippen molar-refractivity contribution in [2.45, 2.75) is 38.6 Å². The highest BCUT2D eigenvalue weighted by atomic mass is 16.5. The van der Waals surface area contributed by atoms with Gasteiger partial charge in [-0.3, -0.25) is 0 Å². The maximum absolute atomic E-state index is 5.54. The summed E-state index contributed by atoms with van der Waals surface area (Å²) < 4.78 is 5.54. The zero-order valence-electron chi connectivity index (χ0n) is 12.3. The van der Waals surface area contributed by atoms with Gasteiger partial charge >= 0.3 is 0 Å². The average molecular weight is 275 g/mol. The van der Waals surface area contributed by atoms with Gasteiger partial charge in [-0.25, -0.2) is 0 Å². The molecule has 2 aliphatic rings. The molecule has 1 saturated carbocycles. The predicted octanol–water partition coefficient (Wildman–Crippen LogP) is 2.45. The lowest BCUT2D eigenvalue weighted by molar-refractivity contribution is 0.326. The standard InChI is InChI=1S/C16H25N3O/c1-2-20-16-5-3-4-15(18-16)19(14-6-7-14)12-13-8-10-17-11-9-13/h3-5,13-14,17H,2,6-12H2,1H3. The summed E-state index contributed by atoms with van der Waals surface area (Å²) >= 11 is 0. The third-order valence-electron chi connectivity index (χ3n) is 4.20. The Hall–Kier alpha value is -1.29. The molecule has 1 aromatic rings. The van der Waals surface area contributed by atoms with Gasteiger partial charge in [0, 0.05) is 18.7 Å². The van der Waals surface area contributed by atoms with E-state index in [2.05, 4.69) is 27.3 Å². The normalized spacial score (nSPS) is 19.9. The molecule has 20 heavy (non-hydrogen) atoms. The summed E-state index contributed by atoms with van der Waals surface area (Å²) in [4.78, 5) is 7.19. The summed E-state index contributed by atoms with van der Waals surface area (Å²) in [6, 6.07) is 6.84. The second kappa shape index (κ2) is 6.44. The van der Waals surface area contributed by atoms with Gasteiger partial charge in [0.15, 0.2) is 0 Å². The third kappa shape index (κ3) is 3.42. The lowest BCUT2D eigenvalue weighted by Gasteiger charge is -2.31. The van der Waals surface area contributed by atoms with Crippen LogP contribution in [0.3, 0.4) is 0 Å². The fourth-order valence-electron chi connectivity index (χ4n) is 2.95. The molecule has 1 aromatic heterocycles. The van der Waals surface area contributed by atoms with Crippen LogP contribution in [-0.2, 0) is 0 Å². The Balaban J connectivity index is 1.70. The van der Waals surface area contributed by atoms with Gasteiger partial charge in [0.2, 0.25) is 5.88 Å². The van der Waals surface area contributed by atoms with Crippen molar-refractivity contribution >= 4 is 5.82 Å². The first-order valence-corrected chi connectivity index (χ1v) is 7.94. The summed E-state index contributed by atoms with van der Waals surface area (Å²) in [5, 5.41) is 3.44. The molecule has 1 aliphatic carbocycles. The summed E-state index contributed by atoms with van der Waals surface area (Å²) in [7, 11) is 0. The Morgan fingerprint density at radius 1 is 1.25 bits per heavy atom. The number of ether oxygens (including phenoxy) is 1. The highest BCUT2D eigenvalue weighted by Gasteiger charge is 2.32. The molecule has 4 heteroatoms. The van der Waals surface area contributed by atoms with Crippen LogP contribution in [0.25, 0.3) is 0 Å². The monoisotopic (exact) mass is 275 g/mol. The van der Waals surface area contributed by atoms with E-state index in [9.17, 15) is 0 Å². The van der Waals surface area contributed by atoms with E-state index in [0.717, 1.165) is 37.3 Å². The molecule has 1 saturated heterocycles. The van der Waals surface area contributed by atoms with E-state index in [-0.39, 0.29) is 0 Å². The van der Waals surface area contributed by atoms with Crippen LogP contribution in [0.5, 0.6) is 5.88 Å². The molecule has 0 amide bonds. The van der Waals surface area contributed by atoms with Gasteiger partial charge in [-0.05, 0) is 57.7 Å². The van der Waals surface area contributed by atoms with Gasteiger partial charge < -0.3 is 15.0 Å². The first kappa shape index (κ1) is 13.7. The number of nitrogens with zero attached hydrogens (tertiary/aromatic N) is 2. The zero-order valence-corrected chi connectivity index (χ0v) is 12.3. The minimum Gasteiger partial charge on any atom is -0.478 e. The van der Waals surface area contributed by atoms with E-state index in [1.54, 1.807) is 0 Å². The summed E-state index contributed by atoms with van der Waals surface area (Å²) in [5.41, 5.74) is 0. The number of rotatable bonds is 6. The van der Waals surface area contributed by atoms with Crippen LogP contribution < -0.4 is 15.0 Å². The molecule has 0 spiro atoms. The Kier molecular flexibility index (Phi) is 4.41. The quantitative estimate of drug-likeness (QED) is 0.865. The lowest BCUT2D eigenvalue weighted by atomic mass is 9.97. The van der Waals surface area contributed by atoms with Crippen molar-refractivity contribution in [3.63, 3.8) is 0 Å². The summed E-state index contributed by atoms with van der Waals surface area (Å²) in [5.74, 6) is 2.65. The van der Waals surface area contributed by atoms with Crippen LogP contribution in [0.4, 0.5) is 5.82 Å². The molecule has 0 atom stereocenters. The first-order valence-electron chi connectivity index (χ1n) is 7.94. The highest BCUT2D eigenvalue weighted by molar-refractivity contribution is 5.43. The molecule has 1 aliphatic heterocycles. The van der Waals surface area contributed by atoms with Crippen LogP contribution >= 0.6 is 0 Å². The number of nitrogens with one attached hydrogen (secondary N) is 1. The maximum Gasteiger partial charge on any atom is 0.215 e. The number of pyridine rings is 1. The van der Waals surface area contributed by atoms with Crippen molar-refractivity contribution in [3.05, 3.63) is 18.2 Å². The van der Waals surface area contributed by atoms with E-state index in [0.29, 0.717) is 12.6 Å². The Morgan fingerprint density at radius 2 is 2.05 bits per heavy atom.